The lowest BCUT2D eigenvalue weighted by Crippen LogP contribution is -2.39. The van der Waals surface area contributed by atoms with E-state index in [1.807, 2.05) is 6.07 Å². The number of aromatic nitrogens is 1. The molecule has 3 aromatic rings. The van der Waals surface area contributed by atoms with Crippen LogP contribution in [0.5, 0.6) is 11.5 Å². The van der Waals surface area contributed by atoms with Gasteiger partial charge in [0.15, 0.2) is 0 Å². The Morgan fingerprint density at radius 3 is 2.55 bits per heavy atom. The number of hydrazone groups is 1. The topological polar surface area (TPSA) is 110 Å². The molecule has 0 unspecified atom stereocenters. The second kappa shape index (κ2) is 11.2. The maximum absolute atomic E-state index is 13.6. The second-order valence-electron chi connectivity index (χ2n) is 6.86. The van der Waals surface area contributed by atoms with Crippen LogP contribution in [0.2, 0.25) is 0 Å². The molecule has 0 bridgehead atoms. The van der Waals surface area contributed by atoms with Crippen molar-refractivity contribution in [3.63, 3.8) is 0 Å². The van der Waals surface area contributed by atoms with Crippen molar-refractivity contribution in [1.29, 1.82) is 0 Å². The first kappa shape index (κ1) is 23.9. The number of nitrogens with zero attached hydrogens (tertiary/aromatic N) is 3. The number of carbonyl (C=O) groups excluding carboxylic acids is 1. The van der Waals surface area contributed by atoms with Gasteiger partial charge in [0, 0.05) is 30.6 Å². The van der Waals surface area contributed by atoms with Crippen LogP contribution in [0.15, 0.2) is 83.1 Å². The minimum Gasteiger partial charge on any atom is -0.497 e. The number of benzene rings is 2. The van der Waals surface area contributed by atoms with Crippen molar-refractivity contribution < 1.29 is 22.7 Å². The van der Waals surface area contributed by atoms with Crippen molar-refractivity contribution in [2.45, 2.75) is 11.4 Å². The number of methoxy groups -OCH3 is 2. The van der Waals surface area contributed by atoms with Gasteiger partial charge in [-0.05, 0) is 23.8 Å². The van der Waals surface area contributed by atoms with E-state index >= 15 is 0 Å². The Labute approximate surface area is 192 Å². The predicted molar refractivity (Wildman–Crippen MR) is 124 cm³/mol. The van der Waals surface area contributed by atoms with Crippen molar-refractivity contribution in [2.24, 2.45) is 5.10 Å². The Morgan fingerprint density at radius 2 is 1.88 bits per heavy atom. The summed E-state index contributed by atoms with van der Waals surface area (Å²) in [5.41, 5.74) is 3.77. The molecule has 0 atom stereocenters. The molecule has 3 rings (SSSR count). The third-order valence-corrected chi connectivity index (χ3v) is 6.41. The third kappa shape index (κ3) is 6.37. The lowest BCUT2D eigenvalue weighted by atomic mass is 10.2. The summed E-state index contributed by atoms with van der Waals surface area (Å²) in [4.78, 5) is 16.4. The molecule has 0 aliphatic heterocycles. The van der Waals surface area contributed by atoms with Gasteiger partial charge in [-0.25, -0.2) is 13.8 Å². The quantitative estimate of drug-likeness (QED) is 0.362. The van der Waals surface area contributed by atoms with E-state index in [0.29, 0.717) is 11.3 Å². The first-order valence-corrected chi connectivity index (χ1v) is 11.4. The molecule has 0 spiro atoms. The lowest BCUT2D eigenvalue weighted by molar-refractivity contribution is -0.121. The highest BCUT2D eigenvalue weighted by Gasteiger charge is 2.30. The summed E-state index contributed by atoms with van der Waals surface area (Å²) in [6.45, 7) is -0.481. The summed E-state index contributed by atoms with van der Waals surface area (Å²) >= 11 is 0. The molecule has 1 heterocycles. The van der Waals surface area contributed by atoms with E-state index in [2.05, 4.69) is 15.5 Å². The number of nitrogens with one attached hydrogen (secondary N) is 1. The highest BCUT2D eigenvalue weighted by Crippen LogP contribution is 2.31. The van der Waals surface area contributed by atoms with Gasteiger partial charge in [0.05, 0.1) is 27.0 Å². The van der Waals surface area contributed by atoms with E-state index in [1.165, 1.54) is 32.6 Å². The average molecular weight is 469 g/mol. The van der Waals surface area contributed by atoms with E-state index < -0.39 is 22.5 Å². The van der Waals surface area contributed by atoms with E-state index in [4.69, 9.17) is 9.47 Å². The van der Waals surface area contributed by atoms with Crippen molar-refractivity contribution >= 4 is 22.1 Å². The molecule has 0 aliphatic rings. The first-order valence-electron chi connectivity index (χ1n) is 9.92. The number of hydrogen-bond acceptors (Lipinski definition) is 7. The van der Waals surface area contributed by atoms with Gasteiger partial charge in [0.2, 0.25) is 10.0 Å². The molecule has 1 amide bonds. The number of amides is 1. The number of sulfonamides is 1. The zero-order valence-corrected chi connectivity index (χ0v) is 19.0. The number of rotatable bonds is 10. The first-order chi connectivity index (χ1) is 15.9. The average Bonchev–Trinajstić information content (AvgIpc) is 2.84. The molecule has 1 aromatic heterocycles. The lowest BCUT2D eigenvalue weighted by Gasteiger charge is -2.23. The van der Waals surface area contributed by atoms with Crippen LogP contribution in [0.25, 0.3) is 0 Å². The highest BCUT2D eigenvalue weighted by molar-refractivity contribution is 7.89. The van der Waals surface area contributed by atoms with Crippen molar-refractivity contribution in [2.75, 3.05) is 20.8 Å². The van der Waals surface area contributed by atoms with Crippen LogP contribution >= 0.6 is 0 Å². The maximum atomic E-state index is 13.6. The molecule has 0 fully saturated rings. The molecule has 2 aromatic carbocycles. The zero-order valence-electron chi connectivity index (χ0n) is 18.2. The zero-order chi connectivity index (χ0) is 23.7. The minimum atomic E-state index is -4.14. The van der Waals surface area contributed by atoms with Crippen LogP contribution in [0, 0.1) is 0 Å². The molecule has 0 radical (unpaired) electrons. The molecule has 33 heavy (non-hydrogen) atoms. The standard InChI is InChI=1S/C23H24N4O5S/c1-31-20-10-11-21(32-2)22(13-20)33(29,30)27(16-18-7-4-3-5-8-18)17-23(28)26-25-15-19-9-6-12-24-14-19/h3-15H,16-17H2,1-2H3,(H,26,28). The fourth-order valence-corrected chi connectivity index (χ4v) is 4.52. The summed E-state index contributed by atoms with van der Waals surface area (Å²) in [5, 5.41) is 3.89. The van der Waals surface area contributed by atoms with Gasteiger partial charge in [0.25, 0.3) is 5.91 Å². The van der Waals surface area contributed by atoms with E-state index in [0.717, 1.165) is 9.87 Å². The van der Waals surface area contributed by atoms with Gasteiger partial charge < -0.3 is 9.47 Å². The molecular weight excluding hydrogens is 444 g/mol. The van der Waals surface area contributed by atoms with Crippen LogP contribution in [0.4, 0.5) is 0 Å². The highest BCUT2D eigenvalue weighted by atomic mass is 32.2. The third-order valence-electron chi connectivity index (χ3n) is 4.60. The Balaban J connectivity index is 1.87. The van der Waals surface area contributed by atoms with Gasteiger partial charge in [-0.3, -0.25) is 9.78 Å². The summed E-state index contributed by atoms with van der Waals surface area (Å²) in [6.07, 6.45) is 4.62. The van der Waals surface area contributed by atoms with Gasteiger partial charge >= 0.3 is 0 Å². The van der Waals surface area contributed by atoms with Crippen molar-refractivity contribution in [3.05, 3.63) is 84.2 Å². The van der Waals surface area contributed by atoms with Crippen LogP contribution in [-0.4, -0.2) is 50.6 Å². The number of carbonyl (C=O) groups is 1. The Hall–Kier alpha value is -3.76. The van der Waals surface area contributed by atoms with E-state index in [1.54, 1.807) is 54.9 Å². The molecule has 172 valence electrons. The van der Waals surface area contributed by atoms with Gasteiger partial charge in [-0.1, -0.05) is 36.4 Å². The molecule has 0 saturated heterocycles. The molecule has 10 heteroatoms. The molecular formula is C23H24N4O5S. The van der Waals surface area contributed by atoms with Gasteiger partial charge in [0.1, 0.15) is 16.4 Å². The fourth-order valence-electron chi connectivity index (χ4n) is 2.96. The SMILES string of the molecule is COc1ccc(OC)c(S(=O)(=O)N(CC(=O)NN=Cc2cccnc2)Cc2ccccc2)c1. The Kier molecular flexibility index (Phi) is 8.11. The summed E-state index contributed by atoms with van der Waals surface area (Å²) in [5.74, 6) is -0.111. The Bertz CT molecular complexity index is 1200. The van der Waals surface area contributed by atoms with Crippen molar-refractivity contribution in [1.82, 2.24) is 14.7 Å². The Morgan fingerprint density at radius 1 is 1.09 bits per heavy atom. The monoisotopic (exact) mass is 468 g/mol. The van der Waals surface area contributed by atoms with E-state index in [-0.39, 0.29) is 17.2 Å². The summed E-state index contributed by atoms with van der Waals surface area (Å²) in [6, 6.07) is 17.0. The summed E-state index contributed by atoms with van der Waals surface area (Å²) in [7, 11) is -1.33. The van der Waals surface area contributed by atoms with Gasteiger partial charge in [-0.15, -0.1) is 0 Å². The van der Waals surface area contributed by atoms with Crippen LogP contribution in [0.1, 0.15) is 11.1 Å². The maximum Gasteiger partial charge on any atom is 0.255 e. The number of hydrogen-bond donors (Lipinski definition) is 1. The largest absolute Gasteiger partial charge is 0.497 e. The smallest absolute Gasteiger partial charge is 0.255 e. The second-order valence-corrected chi connectivity index (χ2v) is 8.76. The summed E-state index contributed by atoms with van der Waals surface area (Å²) < 4.78 is 38.7. The van der Waals surface area contributed by atoms with Crippen molar-refractivity contribution in [3.8, 4) is 11.5 Å². The molecule has 0 saturated carbocycles. The van der Waals surface area contributed by atoms with Crippen LogP contribution in [-0.2, 0) is 21.4 Å². The van der Waals surface area contributed by atoms with Gasteiger partial charge in [-0.2, -0.15) is 9.41 Å². The number of ether oxygens (including phenoxy) is 2. The fraction of sp³-hybridized carbons (Fsp3) is 0.174. The normalized spacial score (nSPS) is 11.5. The molecule has 9 nitrogen and oxygen atoms in total. The van der Waals surface area contributed by atoms with Crippen LogP contribution < -0.4 is 14.9 Å². The number of pyridine rings is 1. The minimum absolute atomic E-state index is 0.0245. The van der Waals surface area contributed by atoms with Crippen LogP contribution in [0.3, 0.4) is 0 Å². The molecule has 1 N–H and O–H groups in total. The van der Waals surface area contributed by atoms with E-state index in [9.17, 15) is 13.2 Å². The predicted octanol–water partition coefficient (Wildman–Crippen LogP) is 2.44. The molecule has 0 aliphatic carbocycles.